The third kappa shape index (κ3) is 2.02. The first-order valence-electron chi connectivity index (χ1n) is 3.36. The van der Waals surface area contributed by atoms with Crippen LogP contribution in [0, 0.1) is 0 Å². The number of hydrogen-bond acceptors (Lipinski definition) is 2. The maximum absolute atomic E-state index is 8.77. The molecule has 1 aromatic carbocycles. The Hall–Kier alpha value is -0.380. The van der Waals surface area contributed by atoms with Crippen molar-refractivity contribution >= 4 is 15.9 Å². The fourth-order valence-corrected chi connectivity index (χ4v) is 1.44. The maximum atomic E-state index is 8.77. The Balaban J connectivity index is 2.99. The lowest BCUT2D eigenvalue weighted by Crippen LogP contribution is -1.97. The fraction of sp³-hybridized carbons (Fsp3) is 0.250. The Morgan fingerprint density at radius 1 is 1.45 bits per heavy atom. The Morgan fingerprint density at radius 3 is 2.64 bits per heavy atom. The third-order valence-corrected chi connectivity index (χ3v) is 2.26. The van der Waals surface area contributed by atoms with Crippen LogP contribution in [0.2, 0.25) is 0 Å². The van der Waals surface area contributed by atoms with E-state index in [1.807, 2.05) is 18.2 Å². The molecule has 0 atom stereocenters. The normalized spacial score (nSPS) is 10.1. The molecule has 2 nitrogen and oxygen atoms in total. The highest BCUT2D eigenvalue weighted by molar-refractivity contribution is 9.10. The summed E-state index contributed by atoms with van der Waals surface area (Å²) >= 11 is 3.36. The SMILES string of the molecule is NCc1ccc(CO)cc1Br. The summed E-state index contributed by atoms with van der Waals surface area (Å²) < 4.78 is 0.964. The highest BCUT2D eigenvalue weighted by Gasteiger charge is 1.97. The number of benzene rings is 1. The van der Waals surface area contributed by atoms with E-state index in [4.69, 9.17) is 10.8 Å². The Morgan fingerprint density at radius 2 is 2.18 bits per heavy atom. The highest BCUT2D eigenvalue weighted by atomic mass is 79.9. The van der Waals surface area contributed by atoms with Gasteiger partial charge in [0.25, 0.3) is 0 Å². The van der Waals surface area contributed by atoms with E-state index in [2.05, 4.69) is 15.9 Å². The molecule has 0 aromatic heterocycles. The second-order valence-electron chi connectivity index (χ2n) is 2.29. The number of hydrogen-bond donors (Lipinski definition) is 2. The van der Waals surface area contributed by atoms with Crippen LogP contribution in [-0.2, 0) is 13.2 Å². The number of aliphatic hydroxyl groups is 1. The topological polar surface area (TPSA) is 46.2 Å². The van der Waals surface area contributed by atoms with Gasteiger partial charge in [-0.05, 0) is 17.2 Å². The van der Waals surface area contributed by atoms with Gasteiger partial charge in [0.15, 0.2) is 0 Å². The van der Waals surface area contributed by atoms with Gasteiger partial charge in [-0.25, -0.2) is 0 Å². The predicted octanol–water partition coefficient (Wildman–Crippen LogP) is 1.40. The first-order valence-corrected chi connectivity index (χ1v) is 4.15. The van der Waals surface area contributed by atoms with Gasteiger partial charge in [-0.15, -0.1) is 0 Å². The van der Waals surface area contributed by atoms with E-state index in [9.17, 15) is 0 Å². The maximum Gasteiger partial charge on any atom is 0.0682 e. The summed E-state index contributed by atoms with van der Waals surface area (Å²) in [6.07, 6.45) is 0. The second kappa shape index (κ2) is 3.85. The minimum absolute atomic E-state index is 0.0729. The highest BCUT2D eigenvalue weighted by Crippen LogP contribution is 2.17. The van der Waals surface area contributed by atoms with E-state index in [-0.39, 0.29) is 6.61 Å². The van der Waals surface area contributed by atoms with Crippen molar-refractivity contribution < 1.29 is 5.11 Å². The summed E-state index contributed by atoms with van der Waals surface area (Å²) in [7, 11) is 0. The molecule has 0 saturated carbocycles. The van der Waals surface area contributed by atoms with Crippen molar-refractivity contribution in [2.45, 2.75) is 13.2 Å². The van der Waals surface area contributed by atoms with Crippen molar-refractivity contribution in [3.63, 3.8) is 0 Å². The van der Waals surface area contributed by atoms with Crippen LogP contribution in [0.3, 0.4) is 0 Å². The van der Waals surface area contributed by atoms with Gasteiger partial charge in [0.05, 0.1) is 6.61 Å². The minimum Gasteiger partial charge on any atom is -0.392 e. The molecule has 1 aromatic rings. The van der Waals surface area contributed by atoms with Crippen LogP contribution in [0.15, 0.2) is 22.7 Å². The molecule has 0 bridgehead atoms. The Labute approximate surface area is 74.2 Å². The van der Waals surface area contributed by atoms with Crippen LogP contribution in [0.25, 0.3) is 0 Å². The van der Waals surface area contributed by atoms with Crippen LogP contribution < -0.4 is 5.73 Å². The van der Waals surface area contributed by atoms with Gasteiger partial charge in [0.1, 0.15) is 0 Å². The van der Waals surface area contributed by atoms with Crippen LogP contribution in [0.5, 0.6) is 0 Å². The number of aliphatic hydroxyl groups excluding tert-OH is 1. The Kier molecular flexibility index (Phi) is 3.05. The van der Waals surface area contributed by atoms with Gasteiger partial charge in [-0.3, -0.25) is 0 Å². The van der Waals surface area contributed by atoms with E-state index >= 15 is 0 Å². The van der Waals surface area contributed by atoms with E-state index in [0.717, 1.165) is 15.6 Å². The predicted molar refractivity (Wildman–Crippen MR) is 48.0 cm³/mol. The molecule has 11 heavy (non-hydrogen) atoms. The molecule has 0 aliphatic carbocycles. The summed E-state index contributed by atoms with van der Waals surface area (Å²) in [4.78, 5) is 0. The first kappa shape index (κ1) is 8.71. The monoisotopic (exact) mass is 215 g/mol. The quantitative estimate of drug-likeness (QED) is 0.784. The van der Waals surface area contributed by atoms with Crippen molar-refractivity contribution in [1.29, 1.82) is 0 Å². The van der Waals surface area contributed by atoms with Crippen molar-refractivity contribution in [2.75, 3.05) is 0 Å². The van der Waals surface area contributed by atoms with Gasteiger partial charge in [-0.2, -0.15) is 0 Å². The summed E-state index contributed by atoms with van der Waals surface area (Å²) in [5, 5.41) is 8.77. The van der Waals surface area contributed by atoms with Crippen molar-refractivity contribution in [3.05, 3.63) is 33.8 Å². The van der Waals surface area contributed by atoms with Gasteiger partial charge < -0.3 is 10.8 Å². The molecule has 3 heteroatoms. The summed E-state index contributed by atoms with van der Waals surface area (Å²) in [6.45, 7) is 0.593. The molecule has 0 unspecified atom stereocenters. The van der Waals surface area contributed by atoms with Gasteiger partial charge in [-0.1, -0.05) is 28.1 Å². The van der Waals surface area contributed by atoms with Gasteiger partial charge in [0.2, 0.25) is 0 Å². The average Bonchev–Trinajstić information content (AvgIpc) is 2.04. The molecule has 0 amide bonds. The van der Waals surface area contributed by atoms with Crippen LogP contribution in [-0.4, -0.2) is 5.11 Å². The van der Waals surface area contributed by atoms with E-state index in [1.165, 1.54) is 0 Å². The molecule has 3 N–H and O–H groups in total. The van der Waals surface area contributed by atoms with Crippen LogP contribution in [0.4, 0.5) is 0 Å². The lowest BCUT2D eigenvalue weighted by atomic mass is 10.1. The zero-order valence-electron chi connectivity index (χ0n) is 6.05. The van der Waals surface area contributed by atoms with Gasteiger partial charge >= 0.3 is 0 Å². The largest absolute Gasteiger partial charge is 0.392 e. The molecule has 0 radical (unpaired) electrons. The molecule has 0 spiro atoms. The standard InChI is InChI=1S/C8H10BrNO/c9-8-3-6(5-11)1-2-7(8)4-10/h1-3,11H,4-5,10H2. The zero-order valence-corrected chi connectivity index (χ0v) is 7.63. The number of halogens is 1. The van der Waals surface area contributed by atoms with E-state index < -0.39 is 0 Å². The Bertz CT molecular complexity index is 250. The third-order valence-electron chi connectivity index (χ3n) is 1.52. The molecule has 1 rings (SSSR count). The molecule has 0 aliphatic heterocycles. The number of nitrogens with two attached hydrogens (primary N) is 1. The molecular formula is C8H10BrNO. The van der Waals surface area contributed by atoms with Crippen LogP contribution in [0.1, 0.15) is 11.1 Å². The molecular weight excluding hydrogens is 206 g/mol. The average molecular weight is 216 g/mol. The summed E-state index contributed by atoms with van der Waals surface area (Å²) in [6, 6.07) is 5.66. The first-order chi connectivity index (χ1) is 5.27. The van der Waals surface area contributed by atoms with Crippen molar-refractivity contribution in [3.8, 4) is 0 Å². The minimum atomic E-state index is 0.0729. The van der Waals surface area contributed by atoms with Crippen LogP contribution >= 0.6 is 15.9 Å². The molecule has 0 aliphatic rings. The molecule has 0 fully saturated rings. The van der Waals surface area contributed by atoms with Crippen molar-refractivity contribution in [1.82, 2.24) is 0 Å². The summed E-state index contributed by atoms with van der Waals surface area (Å²) in [5.74, 6) is 0. The fourth-order valence-electron chi connectivity index (χ4n) is 0.855. The molecule has 60 valence electrons. The van der Waals surface area contributed by atoms with E-state index in [1.54, 1.807) is 0 Å². The second-order valence-corrected chi connectivity index (χ2v) is 3.14. The molecule has 0 saturated heterocycles. The molecule has 0 heterocycles. The van der Waals surface area contributed by atoms with Crippen molar-refractivity contribution in [2.24, 2.45) is 5.73 Å². The van der Waals surface area contributed by atoms with Gasteiger partial charge in [0, 0.05) is 11.0 Å². The lowest BCUT2D eigenvalue weighted by molar-refractivity contribution is 0.281. The summed E-state index contributed by atoms with van der Waals surface area (Å²) in [5.41, 5.74) is 7.40. The smallest absolute Gasteiger partial charge is 0.0682 e. The lowest BCUT2D eigenvalue weighted by Gasteiger charge is -2.02. The van der Waals surface area contributed by atoms with E-state index in [0.29, 0.717) is 6.54 Å². The number of rotatable bonds is 2. The zero-order chi connectivity index (χ0) is 8.27.